The molecule has 2 aromatic rings. The summed E-state index contributed by atoms with van der Waals surface area (Å²) >= 11 is 1.32. The number of thiophene rings is 1. The number of hydrogen-bond acceptors (Lipinski definition) is 4. The molecule has 0 fully saturated rings. The van der Waals surface area contributed by atoms with Gasteiger partial charge in [0.15, 0.2) is 11.3 Å². The summed E-state index contributed by atoms with van der Waals surface area (Å²) in [4.78, 5) is 11.2. The van der Waals surface area contributed by atoms with E-state index >= 15 is 0 Å². The van der Waals surface area contributed by atoms with Crippen LogP contribution in [0.4, 0.5) is 0 Å². The molecule has 0 aliphatic rings. The second-order valence-electron chi connectivity index (χ2n) is 3.28. The first-order chi connectivity index (χ1) is 8.31. The first kappa shape index (κ1) is 11.7. The predicted octanol–water partition coefficient (Wildman–Crippen LogP) is 3.75. The third kappa shape index (κ3) is 3.07. The third-order valence-electron chi connectivity index (χ3n) is 2.05. The first-order valence-electron chi connectivity index (χ1n) is 5.27. The van der Waals surface area contributed by atoms with Gasteiger partial charge in [0, 0.05) is 6.07 Å². The molecule has 0 radical (unpaired) electrons. The van der Waals surface area contributed by atoms with Crippen LogP contribution < -0.4 is 9.47 Å². The van der Waals surface area contributed by atoms with Gasteiger partial charge in [0.05, 0.1) is 11.5 Å². The van der Waals surface area contributed by atoms with Gasteiger partial charge in [0.2, 0.25) is 0 Å². The van der Waals surface area contributed by atoms with E-state index in [2.05, 4.69) is 0 Å². The SMILES string of the molecule is CCOc1cccc(Oc2ccc(C=O)s2)c1. The molecule has 4 heteroatoms. The second kappa shape index (κ2) is 5.50. The van der Waals surface area contributed by atoms with Crippen LogP contribution in [0.15, 0.2) is 36.4 Å². The lowest BCUT2D eigenvalue weighted by Crippen LogP contribution is -1.91. The number of aldehydes is 1. The first-order valence-corrected chi connectivity index (χ1v) is 6.09. The Morgan fingerprint density at radius 1 is 1.24 bits per heavy atom. The monoisotopic (exact) mass is 248 g/mol. The summed E-state index contributed by atoms with van der Waals surface area (Å²) in [6.45, 7) is 2.56. The number of ether oxygens (including phenoxy) is 2. The van der Waals surface area contributed by atoms with Crippen molar-refractivity contribution in [2.75, 3.05) is 6.61 Å². The molecule has 17 heavy (non-hydrogen) atoms. The molecule has 0 aliphatic heterocycles. The van der Waals surface area contributed by atoms with Crippen molar-refractivity contribution in [1.29, 1.82) is 0 Å². The highest BCUT2D eigenvalue weighted by Gasteiger charge is 2.02. The third-order valence-corrected chi connectivity index (χ3v) is 2.94. The van der Waals surface area contributed by atoms with Crippen LogP contribution >= 0.6 is 11.3 Å². The van der Waals surface area contributed by atoms with Gasteiger partial charge in [-0.25, -0.2) is 0 Å². The Morgan fingerprint density at radius 2 is 2.06 bits per heavy atom. The van der Waals surface area contributed by atoms with Crippen molar-refractivity contribution in [2.24, 2.45) is 0 Å². The van der Waals surface area contributed by atoms with Crippen molar-refractivity contribution in [1.82, 2.24) is 0 Å². The molecule has 0 amide bonds. The van der Waals surface area contributed by atoms with Crippen molar-refractivity contribution in [2.45, 2.75) is 6.92 Å². The average molecular weight is 248 g/mol. The highest BCUT2D eigenvalue weighted by atomic mass is 32.1. The van der Waals surface area contributed by atoms with Gasteiger partial charge in [-0.15, -0.1) is 0 Å². The van der Waals surface area contributed by atoms with Gasteiger partial charge in [-0.1, -0.05) is 17.4 Å². The lowest BCUT2D eigenvalue weighted by Gasteiger charge is -2.06. The Bertz CT molecular complexity index is 505. The van der Waals surface area contributed by atoms with Crippen LogP contribution in [0.2, 0.25) is 0 Å². The number of hydrogen-bond donors (Lipinski definition) is 0. The number of benzene rings is 1. The molecule has 0 bridgehead atoms. The van der Waals surface area contributed by atoms with Crippen molar-refractivity contribution in [3.8, 4) is 16.6 Å². The zero-order valence-corrected chi connectivity index (χ0v) is 10.2. The molecule has 0 unspecified atom stereocenters. The van der Waals surface area contributed by atoms with Crippen molar-refractivity contribution < 1.29 is 14.3 Å². The largest absolute Gasteiger partial charge is 0.494 e. The fraction of sp³-hybridized carbons (Fsp3) is 0.154. The van der Waals surface area contributed by atoms with Crippen LogP contribution in [0.25, 0.3) is 0 Å². The molecule has 0 aliphatic carbocycles. The van der Waals surface area contributed by atoms with Crippen LogP contribution in [-0.4, -0.2) is 12.9 Å². The van der Waals surface area contributed by atoms with E-state index in [0.717, 1.165) is 12.0 Å². The van der Waals surface area contributed by atoms with Crippen LogP contribution in [0.1, 0.15) is 16.6 Å². The Labute approximate surface area is 104 Å². The Morgan fingerprint density at radius 3 is 2.76 bits per heavy atom. The van der Waals surface area contributed by atoms with Gasteiger partial charge in [-0.2, -0.15) is 0 Å². The van der Waals surface area contributed by atoms with Crippen LogP contribution in [0.5, 0.6) is 16.6 Å². The molecule has 0 N–H and O–H groups in total. The normalized spacial score (nSPS) is 9.94. The maximum absolute atomic E-state index is 10.5. The summed E-state index contributed by atoms with van der Waals surface area (Å²) in [6.07, 6.45) is 0.814. The van der Waals surface area contributed by atoms with Gasteiger partial charge < -0.3 is 9.47 Å². The van der Waals surface area contributed by atoms with E-state index in [1.54, 1.807) is 12.1 Å². The fourth-order valence-electron chi connectivity index (χ4n) is 1.36. The number of carbonyl (C=O) groups excluding carboxylic acids is 1. The van der Waals surface area contributed by atoms with E-state index in [1.807, 2.05) is 31.2 Å². The summed E-state index contributed by atoms with van der Waals surface area (Å²) in [5, 5.41) is 0.695. The van der Waals surface area contributed by atoms with E-state index < -0.39 is 0 Å². The van der Waals surface area contributed by atoms with E-state index in [-0.39, 0.29) is 0 Å². The predicted molar refractivity (Wildman–Crippen MR) is 67.4 cm³/mol. The Balaban J connectivity index is 2.12. The molecule has 3 nitrogen and oxygen atoms in total. The highest BCUT2D eigenvalue weighted by Crippen LogP contribution is 2.30. The average Bonchev–Trinajstić information content (AvgIpc) is 2.78. The zero-order valence-electron chi connectivity index (χ0n) is 9.38. The molecular weight excluding hydrogens is 236 g/mol. The fourth-order valence-corrected chi connectivity index (χ4v) is 2.05. The molecule has 0 saturated heterocycles. The quantitative estimate of drug-likeness (QED) is 0.756. The van der Waals surface area contributed by atoms with Gasteiger partial charge >= 0.3 is 0 Å². The maximum atomic E-state index is 10.5. The van der Waals surface area contributed by atoms with Crippen molar-refractivity contribution >= 4 is 17.6 Å². The standard InChI is InChI=1S/C13H12O3S/c1-2-15-10-4-3-5-11(8-10)16-13-7-6-12(9-14)17-13/h3-9H,2H2,1H3. The minimum absolute atomic E-state index is 0.623. The Kier molecular flexibility index (Phi) is 3.77. The van der Waals surface area contributed by atoms with Gasteiger partial charge in [0.1, 0.15) is 11.5 Å². The summed E-state index contributed by atoms with van der Waals surface area (Å²) in [6, 6.07) is 10.9. The molecule has 0 spiro atoms. The van der Waals surface area contributed by atoms with Crippen LogP contribution in [0, 0.1) is 0 Å². The number of carbonyl (C=O) groups is 1. The molecule has 2 rings (SSSR count). The molecule has 1 aromatic carbocycles. The van der Waals surface area contributed by atoms with E-state index in [9.17, 15) is 4.79 Å². The summed E-state index contributed by atoms with van der Waals surface area (Å²) in [5.41, 5.74) is 0. The van der Waals surface area contributed by atoms with Gasteiger partial charge in [-0.05, 0) is 31.2 Å². The topological polar surface area (TPSA) is 35.5 Å². The maximum Gasteiger partial charge on any atom is 0.181 e. The lowest BCUT2D eigenvalue weighted by molar-refractivity contribution is 0.112. The van der Waals surface area contributed by atoms with Crippen molar-refractivity contribution in [3.63, 3.8) is 0 Å². The second-order valence-corrected chi connectivity index (χ2v) is 4.36. The molecule has 0 saturated carbocycles. The summed E-state index contributed by atoms with van der Waals surface area (Å²) < 4.78 is 11.0. The summed E-state index contributed by atoms with van der Waals surface area (Å²) in [5.74, 6) is 1.48. The molecule has 1 aromatic heterocycles. The Hall–Kier alpha value is -1.81. The summed E-state index contributed by atoms with van der Waals surface area (Å²) in [7, 11) is 0. The smallest absolute Gasteiger partial charge is 0.181 e. The van der Waals surface area contributed by atoms with E-state index in [0.29, 0.717) is 22.3 Å². The minimum Gasteiger partial charge on any atom is -0.494 e. The van der Waals surface area contributed by atoms with Crippen LogP contribution in [-0.2, 0) is 0 Å². The van der Waals surface area contributed by atoms with Gasteiger partial charge in [-0.3, -0.25) is 4.79 Å². The minimum atomic E-state index is 0.623. The number of rotatable bonds is 5. The lowest BCUT2D eigenvalue weighted by atomic mass is 10.3. The molecule has 0 atom stereocenters. The highest BCUT2D eigenvalue weighted by molar-refractivity contribution is 7.15. The van der Waals surface area contributed by atoms with Gasteiger partial charge in [0.25, 0.3) is 0 Å². The van der Waals surface area contributed by atoms with E-state index in [4.69, 9.17) is 9.47 Å². The molecule has 88 valence electrons. The molecular formula is C13H12O3S. The molecule has 1 heterocycles. The van der Waals surface area contributed by atoms with E-state index in [1.165, 1.54) is 11.3 Å². The zero-order chi connectivity index (χ0) is 12.1. The van der Waals surface area contributed by atoms with Crippen molar-refractivity contribution in [3.05, 3.63) is 41.3 Å². The van der Waals surface area contributed by atoms with Crippen LogP contribution in [0.3, 0.4) is 0 Å².